The number of nitrogens with zero attached hydrogens (tertiary/aromatic N) is 2. The minimum atomic E-state index is -4.67. The number of esters is 1. The van der Waals surface area contributed by atoms with Gasteiger partial charge in [0.15, 0.2) is 17.7 Å². The van der Waals surface area contributed by atoms with Gasteiger partial charge < -0.3 is 14.6 Å². The third-order valence-electron chi connectivity index (χ3n) is 7.77. The number of benzene rings is 2. The van der Waals surface area contributed by atoms with Crippen LogP contribution in [0, 0.1) is 0 Å². The van der Waals surface area contributed by atoms with Gasteiger partial charge in [0.1, 0.15) is 0 Å². The van der Waals surface area contributed by atoms with Crippen molar-refractivity contribution >= 4 is 11.9 Å². The van der Waals surface area contributed by atoms with Gasteiger partial charge in [-0.05, 0) is 54.7 Å². The summed E-state index contributed by atoms with van der Waals surface area (Å²) in [6.45, 7) is 4.83. The van der Waals surface area contributed by atoms with Crippen LogP contribution in [0.5, 0.6) is 5.75 Å². The Morgan fingerprint density at radius 1 is 0.783 bits per heavy atom. The number of carboxylic acid groups (broad SMARTS) is 1. The number of carbonyl (C=O) groups excluding carboxylic acids is 1. The zero-order chi connectivity index (χ0) is 33.4. The number of ether oxygens (including phenoxy) is 2. The Balaban J connectivity index is 1.67. The summed E-state index contributed by atoms with van der Waals surface area (Å²) in [6, 6.07) is 10.3. The smallest absolute Gasteiger partial charge is 0.425 e. The Bertz CT molecular complexity index is 1360. The molecule has 1 heterocycles. The van der Waals surface area contributed by atoms with E-state index >= 15 is 0 Å². The van der Waals surface area contributed by atoms with Crippen LogP contribution in [-0.2, 0) is 4.74 Å². The number of aromatic nitrogens is 2. The van der Waals surface area contributed by atoms with Crippen molar-refractivity contribution in [3.05, 3.63) is 66.0 Å². The van der Waals surface area contributed by atoms with E-state index in [-0.39, 0.29) is 17.5 Å². The highest BCUT2D eigenvalue weighted by molar-refractivity contribution is 5.97. The fourth-order valence-corrected chi connectivity index (χ4v) is 5.10. The van der Waals surface area contributed by atoms with Gasteiger partial charge in [-0.3, -0.25) is 0 Å². The van der Waals surface area contributed by atoms with Gasteiger partial charge in [0.2, 0.25) is 0 Å². The Morgan fingerprint density at radius 3 is 1.93 bits per heavy atom. The molecule has 0 spiro atoms. The molecule has 1 N–H and O–H groups in total. The first kappa shape index (κ1) is 36.5. The van der Waals surface area contributed by atoms with E-state index in [0.717, 1.165) is 38.5 Å². The van der Waals surface area contributed by atoms with Gasteiger partial charge in [-0.2, -0.15) is 13.2 Å². The lowest BCUT2D eigenvalue weighted by molar-refractivity contribution is -0.206. The molecule has 0 fully saturated rings. The summed E-state index contributed by atoms with van der Waals surface area (Å²) >= 11 is 0. The van der Waals surface area contributed by atoms with Crippen LogP contribution in [0.1, 0.15) is 118 Å². The monoisotopic (exact) mass is 642 g/mol. The first-order chi connectivity index (χ1) is 22.1. The molecule has 3 rings (SSSR count). The van der Waals surface area contributed by atoms with Crippen molar-refractivity contribution in [2.75, 3.05) is 6.61 Å². The molecule has 0 bridgehead atoms. The maximum Gasteiger partial charge on any atom is 0.425 e. The van der Waals surface area contributed by atoms with Crippen molar-refractivity contribution in [3.63, 3.8) is 0 Å². The van der Waals surface area contributed by atoms with E-state index in [1.807, 2.05) is 0 Å². The number of hydrogen-bond acceptors (Lipinski definition) is 6. The van der Waals surface area contributed by atoms with Crippen molar-refractivity contribution in [2.24, 2.45) is 0 Å². The van der Waals surface area contributed by atoms with Crippen molar-refractivity contribution in [3.8, 4) is 28.3 Å². The molecule has 250 valence electrons. The quantitative estimate of drug-likeness (QED) is 0.0967. The fraction of sp³-hybridized carbons (Fsp3) is 0.500. The molecule has 0 aliphatic carbocycles. The van der Waals surface area contributed by atoms with E-state index in [9.17, 15) is 27.9 Å². The van der Waals surface area contributed by atoms with Gasteiger partial charge in [0.05, 0.1) is 30.1 Å². The standard InChI is InChI=1S/C36H45F3N2O5/c1-3-5-7-9-11-13-15-32(36(37,38)39)46-35(44)27-18-16-26(17-19-27)31-23-28(20-21-30(31)34(42)43)33-40-24-29(25-41-33)45-22-14-12-10-8-6-4-2/h16-21,23-25,32H,3-15,22H2,1-2H3,(H,42,43). The largest absolute Gasteiger partial charge is 0.490 e. The number of carbonyl (C=O) groups is 2. The molecule has 1 aromatic heterocycles. The lowest BCUT2D eigenvalue weighted by atomic mass is 9.96. The molecule has 3 aromatic rings. The van der Waals surface area contributed by atoms with Crippen LogP contribution in [0.15, 0.2) is 54.9 Å². The highest BCUT2D eigenvalue weighted by atomic mass is 19.4. The second kappa shape index (κ2) is 18.9. The molecular formula is C36H45F3N2O5. The summed E-state index contributed by atoms with van der Waals surface area (Å²) in [6.07, 6.45) is 7.79. The summed E-state index contributed by atoms with van der Waals surface area (Å²) in [5.41, 5.74) is 1.30. The van der Waals surface area contributed by atoms with Crippen LogP contribution in [0.3, 0.4) is 0 Å². The molecule has 10 heteroatoms. The van der Waals surface area contributed by atoms with Crippen molar-refractivity contribution in [1.29, 1.82) is 0 Å². The predicted molar refractivity (Wildman–Crippen MR) is 172 cm³/mol. The maximum absolute atomic E-state index is 13.6. The molecular weight excluding hydrogens is 597 g/mol. The number of unbranched alkanes of at least 4 members (excludes halogenated alkanes) is 10. The number of rotatable bonds is 20. The van der Waals surface area contributed by atoms with Gasteiger partial charge in [-0.1, -0.05) is 96.3 Å². The summed E-state index contributed by atoms with van der Waals surface area (Å²) in [5, 5.41) is 9.81. The van der Waals surface area contributed by atoms with E-state index in [2.05, 4.69) is 23.8 Å². The van der Waals surface area contributed by atoms with Gasteiger partial charge in [0.25, 0.3) is 0 Å². The number of halogens is 3. The third-order valence-corrected chi connectivity index (χ3v) is 7.77. The average Bonchev–Trinajstić information content (AvgIpc) is 3.05. The molecule has 0 saturated carbocycles. The Morgan fingerprint density at radius 2 is 1.35 bits per heavy atom. The summed E-state index contributed by atoms with van der Waals surface area (Å²) in [4.78, 5) is 33.4. The van der Waals surface area contributed by atoms with Crippen molar-refractivity contribution < 1.29 is 37.3 Å². The van der Waals surface area contributed by atoms with Crippen LogP contribution < -0.4 is 4.74 Å². The predicted octanol–water partition coefficient (Wildman–Crippen LogP) is 10.1. The van der Waals surface area contributed by atoms with E-state index in [1.54, 1.807) is 24.5 Å². The number of alkyl halides is 3. The van der Waals surface area contributed by atoms with Crippen LogP contribution in [0.4, 0.5) is 13.2 Å². The molecule has 1 unspecified atom stereocenters. The number of carboxylic acids is 1. The molecule has 0 aliphatic rings. The van der Waals surface area contributed by atoms with Crippen LogP contribution in [-0.4, -0.2) is 45.9 Å². The molecule has 2 aromatic carbocycles. The maximum atomic E-state index is 13.6. The minimum absolute atomic E-state index is 0.00837. The van der Waals surface area contributed by atoms with Gasteiger partial charge >= 0.3 is 18.1 Å². The first-order valence-corrected chi connectivity index (χ1v) is 16.3. The second-order valence-corrected chi connectivity index (χ2v) is 11.5. The minimum Gasteiger partial charge on any atom is -0.490 e. The van der Waals surface area contributed by atoms with Crippen molar-refractivity contribution in [2.45, 2.75) is 110 Å². The molecule has 1 atom stereocenters. The highest BCUT2D eigenvalue weighted by Crippen LogP contribution is 2.31. The number of hydrogen-bond donors (Lipinski definition) is 1. The Kier molecular flexibility index (Phi) is 15.0. The summed E-state index contributed by atoms with van der Waals surface area (Å²) < 4.78 is 51.4. The average molecular weight is 643 g/mol. The first-order valence-electron chi connectivity index (χ1n) is 16.3. The zero-order valence-electron chi connectivity index (χ0n) is 26.8. The topological polar surface area (TPSA) is 98.6 Å². The van der Waals surface area contributed by atoms with Crippen LogP contribution in [0.2, 0.25) is 0 Å². The van der Waals surface area contributed by atoms with Crippen LogP contribution in [0.25, 0.3) is 22.5 Å². The fourth-order valence-electron chi connectivity index (χ4n) is 5.10. The van der Waals surface area contributed by atoms with E-state index in [0.29, 0.717) is 47.7 Å². The molecule has 0 saturated heterocycles. The Labute approximate surface area is 269 Å². The zero-order valence-corrected chi connectivity index (χ0v) is 26.8. The van der Waals surface area contributed by atoms with Gasteiger partial charge in [0, 0.05) is 5.56 Å². The molecule has 7 nitrogen and oxygen atoms in total. The summed E-state index contributed by atoms with van der Waals surface area (Å²) in [7, 11) is 0. The SMILES string of the molecule is CCCCCCCCOc1cnc(-c2ccc(C(=O)O)c(-c3ccc(C(=O)OC(CCCCCCCC)C(F)(F)F)cc3)c2)nc1. The molecule has 0 radical (unpaired) electrons. The number of aromatic carboxylic acids is 1. The van der Waals surface area contributed by atoms with Crippen LogP contribution >= 0.6 is 0 Å². The van der Waals surface area contributed by atoms with Gasteiger partial charge in [-0.25, -0.2) is 19.6 Å². The lowest BCUT2D eigenvalue weighted by Crippen LogP contribution is -2.33. The lowest BCUT2D eigenvalue weighted by Gasteiger charge is -2.21. The van der Waals surface area contributed by atoms with Gasteiger partial charge in [-0.15, -0.1) is 0 Å². The van der Waals surface area contributed by atoms with E-state index < -0.39 is 24.2 Å². The summed E-state index contributed by atoms with van der Waals surface area (Å²) in [5.74, 6) is -1.33. The molecule has 0 amide bonds. The highest BCUT2D eigenvalue weighted by Gasteiger charge is 2.42. The van der Waals surface area contributed by atoms with Crippen molar-refractivity contribution in [1.82, 2.24) is 9.97 Å². The second-order valence-electron chi connectivity index (χ2n) is 11.5. The normalized spacial score (nSPS) is 12.1. The Hall–Kier alpha value is -3.95. The molecule has 46 heavy (non-hydrogen) atoms. The third kappa shape index (κ3) is 11.8. The van der Waals surface area contributed by atoms with E-state index in [1.165, 1.54) is 56.0 Å². The van der Waals surface area contributed by atoms with E-state index in [4.69, 9.17) is 9.47 Å². The molecule has 0 aliphatic heterocycles.